The van der Waals surface area contributed by atoms with Crippen LogP contribution in [0.5, 0.6) is 5.75 Å². The fourth-order valence-electron chi connectivity index (χ4n) is 1.82. The molecule has 1 fully saturated rings. The second-order valence-corrected chi connectivity index (χ2v) is 6.30. The van der Waals surface area contributed by atoms with Crippen LogP contribution < -0.4 is 9.46 Å². The van der Waals surface area contributed by atoms with Gasteiger partial charge in [0.05, 0.1) is 18.6 Å². The lowest BCUT2D eigenvalue weighted by atomic mass is 10.1. The Morgan fingerprint density at radius 2 is 2.32 bits per heavy atom. The minimum atomic E-state index is -3.66. The Kier molecular flexibility index (Phi) is 4.10. The molecule has 6 nitrogen and oxygen atoms in total. The van der Waals surface area contributed by atoms with Gasteiger partial charge < -0.3 is 14.6 Å². The zero-order chi connectivity index (χ0) is 13.9. The van der Waals surface area contributed by atoms with Crippen LogP contribution in [0.1, 0.15) is 6.42 Å². The number of aliphatic hydroxyl groups is 1. The molecule has 1 aliphatic heterocycles. The smallest absolute Gasteiger partial charge is 0.240 e. The number of ether oxygens (including phenoxy) is 2. The maximum atomic E-state index is 12.1. The van der Waals surface area contributed by atoms with Crippen molar-refractivity contribution < 1.29 is 23.0 Å². The van der Waals surface area contributed by atoms with E-state index in [2.05, 4.69) is 4.72 Å². The molecule has 106 valence electrons. The van der Waals surface area contributed by atoms with E-state index < -0.39 is 15.6 Å². The fourth-order valence-corrected chi connectivity index (χ4v) is 2.97. The largest absolute Gasteiger partial charge is 0.497 e. The third-order valence-electron chi connectivity index (χ3n) is 3.03. The van der Waals surface area contributed by atoms with E-state index in [0.717, 1.165) is 0 Å². The highest BCUT2D eigenvalue weighted by molar-refractivity contribution is 7.89. The summed E-state index contributed by atoms with van der Waals surface area (Å²) in [6.45, 7) is 0.525. The average molecular weight is 287 g/mol. The summed E-state index contributed by atoms with van der Waals surface area (Å²) in [6.07, 6.45) is 0.424. The Morgan fingerprint density at radius 3 is 2.95 bits per heavy atom. The molecule has 0 spiro atoms. The predicted octanol–water partition coefficient (Wildman–Crippen LogP) is 0.125. The van der Waals surface area contributed by atoms with Gasteiger partial charge in [-0.15, -0.1) is 0 Å². The summed E-state index contributed by atoms with van der Waals surface area (Å²) in [5.74, 6) is 0.464. The monoisotopic (exact) mass is 287 g/mol. The molecule has 1 aromatic rings. The van der Waals surface area contributed by atoms with Gasteiger partial charge >= 0.3 is 0 Å². The maximum Gasteiger partial charge on any atom is 0.240 e. The van der Waals surface area contributed by atoms with E-state index >= 15 is 0 Å². The highest BCUT2D eigenvalue weighted by Crippen LogP contribution is 2.20. The molecule has 7 heteroatoms. The predicted molar refractivity (Wildman–Crippen MR) is 68.6 cm³/mol. The van der Waals surface area contributed by atoms with E-state index in [-0.39, 0.29) is 18.0 Å². The van der Waals surface area contributed by atoms with E-state index in [1.54, 1.807) is 12.1 Å². The van der Waals surface area contributed by atoms with Crippen LogP contribution >= 0.6 is 0 Å². The third-order valence-corrected chi connectivity index (χ3v) is 4.42. The van der Waals surface area contributed by atoms with Gasteiger partial charge in [-0.25, -0.2) is 13.1 Å². The van der Waals surface area contributed by atoms with Gasteiger partial charge in [-0.05, 0) is 12.1 Å². The number of sulfonamides is 1. The minimum absolute atomic E-state index is 0.0630. The topological polar surface area (TPSA) is 84.9 Å². The first-order valence-electron chi connectivity index (χ1n) is 5.89. The molecule has 2 N–H and O–H groups in total. The zero-order valence-electron chi connectivity index (χ0n) is 10.6. The molecule has 0 saturated carbocycles. The number of rotatable bonds is 5. The first-order chi connectivity index (χ1) is 8.95. The Hall–Kier alpha value is -1.15. The van der Waals surface area contributed by atoms with E-state index in [1.807, 2.05) is 0 Å². The van der Waals surface area contributed by atoms with Crippen LogP contribution in [0, 0.1) is 0 Å². The van der Waals surface area contributed by atoms with E-state index in [1.165, 1.54) is 19.2 Å². The van der Waals surface area contributed by atoms with Gasteiger partial charge in [0.15, 0.2) is 0 Å². The van der Waals surface area contributed by atoms with Gasteiger partial charge in [-0.1, -0.05) is 6.07 Å². The van der Waals surface area contributed by atoms with Gasteiger partial charge in [-0.2, -0.15) is 0 Å². The molecule has 0 amide bonds. The van der Waals surface area contributed by atoms with Crippen LogP contribution in [0.3, 0.4) is 0 Å². The number of methoxy groups -OCH3 is 1. The summed E-state index contributed by atoms with van der Waals surface area (Å²) >= 11 is 0. The lowest BCUT2D eigenvalue weighted by Crippen LogP contribution is -2.43. The summed E-state index contributed by atoms with van der Waals surface area (Å²) in [5, 5.41) is 10.0. The molecule has 1 aliphatic rings. The van der Waals surface area contributed by atoms with Crippen LogP contribution in [0.15, 0.2) is 29.2 Å². The van der Waals surface area contributed by atoms with Crippen molar-refractivity contribution in [3.8, 4) is 5.75 Å². The van der Waals surface area contributed by atoms with Crippen molar-refractivity contribution >= 4 is 10.0 Å². The lowest BCUT2D eigenvalue weighted by molar-refractivity contribution is 0.0314. The van der Waals surface area contributed by atoms with Crippen molar-refractivity contribution in [2.24, 2.45) is 0 Å². The SMILES string of the molecule is COc1cccc(S(=O)(=O)NCC2(O)CCOC2)c1. The van der Waals surface area contributed by atoms with Crippen LogP contribution in [0.25, 0.3) is 0 Å². The molecule has 0 aliphatic carbocycles. The quantitative estimate of drug-likeness (QED) is 0.804. The number of hydrogen-bond donors (Lipinski definition) is 2. The Balaban J connectivity index is 2.09. The molecule has 1 saturated heterocycles. The number of hydrogen-bond acceptors (Lipinski definition) is 5. The molecule has 1 aromatic carbocycles. The van der Waals surface area contributed by atoms with Crippen LogP contribution in [0.2, 0.25) is 0 Å². The molecule has 19 heavy (non-hydrogen) atoms. The van der Waals surface area contributed by atoms with E-state index in [0.29, 0.717) is 18.8 Å². The molecule has 1 atom stereocenters. The molecular formula is C12H17NO5S. The van der Waals surface area contributed by atoms with Crippen molar-refractivity contribution in [2.75, 3.05) is 26.9 Å². The number of benzene rings is 1. The first-order valence-corrected chi connectivity index (χ1v) is 7.37. The van der Waals surface area contributed by atoms with Gasteiger partial charge in [0.25, 0.3) is 0 Å². The molecular weight excluding hydrogens is 270 g/mol. The van der Waals surface area contributed by atoms with Crippen molar-refractivity contribution in [3.63, 3.8) is 0 Å². The zero-order valence-corrected chi connectivity index (χ0v) is 11.4. The van der Waals surface area contributed by atoms with Crippen LogP contribution in [0.4, 0.5) is 0 Å². The minimum Gasteiger partial charge on any atom is -0.497 e. The summed E-state index contributed by atoms with van der Waals surface area (Å²) in [5.41, 5.74) is -1.12. The van der Waals surface area contributed by atoms with Crippen molar-refractivity contribution in [1.82, 2.24) is 4.72 Å². The molecule has 1 unspecified atom stereocenters. The van der Waals surface area contributed by atoms with Crippen molar-refractivity contribution in [3.05, 3.63) is 24.3 Å². The van der Waals surface area contributed by atoms with Gasteiger partial charge in [-0.3, -0.25) is 0 Å². The van der Waals surface area contributed by atoms with Crippen LogP contribution in [-0.4, -0.2) is 46.0 Å². The third kappa shape index (κ3) is 3.44. The molecule has 0 radical (unpaired) electrons. The van der Waals surface area contributed by atoms with Gasteiger partial charge in [0, 0.05) is 25.6 Å². The second-order valence-electron chi connectivity index (χ2n) is 4.53. The fraction of sp³-hybridized carbons (Fsp3) is 0.500. The van der Waals surface area contributed by atoms with Crippen molar-refractivity contribution in [2.45, 2.75) is 16.9 Å². The lowest BCUT2D eigenvalue weighted by Gasteiger charge is -2.20. The molecule has 0 aromatic heterocycles. The number of nitrogens with one attached hydrogen (secondary N) is 1. The van der Waals surface area contributed by atoms with Crippen molar-refractivity contribution in [1.29, 1.82) is 0 Å². The summed E-state index contributed by atoms with van der Waals surface area (Å²) < 4.78 is 36.6. The van der Waals surface area contributed by atoms with Crippen LogP contribution in [-0.2, 0) is 14.8 Å². The van der Waals surface area contributed by atoms with E-state index in [4.69, 9.17) is 9.47 Å². The second kappa shape index (κ2) is 5.46. The van der Waals surface area contributed by atoms with Gasteiger partial charge in [0.2, 0.25) is 10.0 Å². The summed E-state index contributed by atoms with van der Waals surface area (Å²) in [4.78, 5) is 0.106. The summed E-state index contributed by atoms with van der Waals surface area (Å²) in [6, 6.07) is 6.16. The average Bonchev–Trinajstić information content (AvgIpc) is 2.84. The molecule has 2 rings (SSSR count). The summed E-state index contributed by atoms with van der Waals surface area (Å²) in [7, 11) is -2.19. The normalized spacial score (nSPS) is 23.5. The Bertz CT molecular complexity index is 537. The first kappa shape index (κ1) is 14.3. The Morgan fingerprint density at radius 1 is 1.53 bits per heavy atom. The van der Waals surface area contributed by atoms with Gasteiger partial charge in [0.1, 0.15) is 11.4 Å². The van der Waals surface area contributed by atoms with E-state index in [9.17, 15) is 13.5 Å². The molecule has 1 heterocycles. The molecule has 0 bridgehead atoms. The highest BCUT2D eigenvalue weighted by Gasteiger charge is 2.33. The maximum absolute atomic E-state index is 12.1. The highest BCUT2D eigenvalue weighted by atomic mass is 32.2. The standard InChI is InChI=1S/C12H17NO5S/c1-17-10-3-2-4-11(7-10)19(15,16)13-8-12(14)5-6-18-9-12/h2-4,7,13-14H,5-6,8-9H2,1H3. The Labute approximate surface area is 112 Å².